The predicted molar refractivity (Wildman–Crippen MR) is 68.5 cm³/mol. The summed E-state index contributed by atoms with van der Waals surface area (Å²) in [4.78, 5) is 0. The Morgan fingerprint density at radius 3 is 1.88 bits per heavy atom. The Morgan fingerprint density at radius 2 is 1.44 bits per heavy atom. The van der Waals surface area contributed by atoms with Crippen LogP contribution >= 0.6 is 10.7 Å². The van der Waals surface area contributed by atoms with E-state index >= 15 is 0 Å². The number of rotatable bonds is 2. The summed E-state index contributed by atoms with van der Waals surface area (Å²) < 4.78 is 22.1. The molecule has 0 aliphatic heterocycles. The molecule has 16 heavy (non-hydrogen) atoms. The number of hydrogen-bond acceptors (Lipinski definition) is 2. The average molecular weight is 261 g/mol. The van der Waals surface area contributed by atoms with E-state index in [0.29, 0.717) is 0 Å². The lowest BCUT2D eigenvalue weighted by Crippen LogP contribution is -2.26. The molecule has 0 fully saturated rings. The van der Waals surface area contributed by atoms with Crippen LogP contribution in [0.15, 0.2) is 12.1 Å². The van der Waals surface area contributed by atoms with Gasteiger partial charge in [0.05, 0.1) is 0 Å². The fourth-order valence-corrected chi connectivity index (χ4v) is 2.47. The van der Waals surface area contributed by atoms with Crippen molar-refractivity contribution in [3.05, 3.63) is 34.4 Å². The standard InChI is InChI=1S/C12H17ClO2S/c1-8-6-10(3)11(7-9(8)2)12(4,5)16(13,14)15/h6-7H,1-5H3. The van der Waals surface area contributed by atoms with Gasteiger partial charge in [0.1, 0.15) is 4.75 Å². The summed E-state index contributed by atoms with van der Waals surface area (Å²) in [5.74, 6) is 0. The molecule has 0 heterocycles. The summed E-state index contributed by atoms with van der Waals surface area (Å²) >= 11 is 0. The fourth-order valence-electron chi connectivity index (χ4n) is 1.74. The van der Waals surface area contributed by atoms with Crippen LogP contribution in [-0.4, -0.2) is 8.42 Å². The van der Waals surface area contributed by atoms with Gasteiger partial charge in [-0.15, -0.1) is 0 Å². The third kappa shape index (κ3) is 2.25. The van der Waals surface area contributed by atoms with Crippen LogP contribution in [-0.2, 0) is 13.8 Å². The SMILES string of the molecule is Cc1cc(C)c(C(C)(C)S(=O)(=O)Cl)cc1C. The molecular formula is C12H17ClO2S. The minimum Gasteiger partial charge on any atom is -0.211 e. The van der Waals surface area contributed by atoms with E-state index < -0.39 is 13.8 Å². The first-order valence-corrected chi connectivity index (χ1v) is 7.41. The highest BCUT2D eigenvalue weighted by molar-refractivity contribution is 8.14. The summed E-state index contributed by atoms with van der Waals surface area (Å²) in [6, 6.07) is 3.90. The van der Waals surface area contributed by atoms with Crippen LogP contribution < -0.4 is 0 Å². The van der Waals surface area contributed by atoms with Gasteiger partial charge in [-0.1, -0.05) is 12.1 Å². The maximum atomic E-state index is 11.6. The highest BCUT2D eigenvalue weighted by atomic mass is 35.7. The highest BCUT2D eigenvalue weighted by Crippen LogP contribution is 2.35. The van der Waals surface area contributed by atoms with Crippen LogP contribution in [0.5, 0.6) is 0 Å². The van der Waals surface area contributed by atoms with Crippen LogP contribution in [0.3, 0.4) is 0 Å². The first-order chi connectivity index (χ1) is 7.07. The molecule has 0 radical (unpaired) electrons. The van der Waals surface area contributed by atoms with Crippen LogP contribution in [0.4, 0.5) is 0 Å². The summed E-state index contributed by atoms with van der Waals surface area (Å²) in [6.07, 6.45) is 0. The molecule has 2 nitrogen and oxygen atoms in total. The minimum absolute atomic E-state index is 0.769. The zero-order valence-corrected chi connectivity index (χ0v) is 11.8. The van der Waals surface area contributed by atoms with Gasteiger partial charge in [0.15, 0.2) is 0 Å². The van der Waals surface area contributed by atoms with Gasteiger partial charge >= 0.3 is 0 Å². The average Bonchev–Trinajstić information content (AvgIpc) is 2.09. The molecule has 1 aromatic rings. The van der Waals surface area contributed by atoms with E-state index in [2.05, 4.69) is 0 Å². The number of halogens is 1. The predicted octanol–water partition coefficient (Wildman–Crippen LogP) is 3.42. The van der Waals surface area contributed by atoms with Crippen molar-refractivity contribution in [1.82, 2.24) is 0 Å². The molecule has 0 aliphatic rings. The second kappa shape index (κ2) is 4.04. The van der Waals surface area contributed by atoms with E-state index in [9.17, 15) is 8.42 Å². The first kappa shape index (κ1) is 13.5. The van der Waals surface area contributed by atoms with Crippen molar-refractivity contribution in [3.63, 3.8) is 0 Å². The monoisotopic (exact) mass is 260 g/mol. The number of hydrogen-bond donors (Lipinski definition) is 0. The van der Waals surface area contributed by atoms with Gasteiger partial charge in [-0.05, 0) is 56.9 Å². The van der Waals surface area contributed by atoms with Crippen molar-refractivity contribution in [3.8, 4) is 0 Å². The molecule has 4 heteroatoms. The van der Waals surface area contributed by atoms with E-state index in [-0.39, 0.29) is 0 Å². The molecule has 90 valence electrons. The van der Waals surface area contributed by atoms with Gasteiger partial charge in [-0.2, -0.15) is 0 Å². The van der Waals surface area contributed by atoms with Gasteiger partial charge in [-0.3, -0.25) is 0 Å². The molecule has 0 amide bonds. The molecule has 0 bridgehead atoms. The maximum Gasteiger partial charge on any atom is 0.241 e. The highest BCUT2D eigenvalue weighted by Gasteiger charge is 2.35. The molecule has 0 saturated carbocycles. The molecule has 0 aromatic heterocycles. The zero-order valence-electron chi connectivity index (χ0n) is 10.3. The molecule has 0 atom stereocenters. The molecule has 0 N–H and O–H groups in total. The van der Waals surface area contributed by atoms with Crippen LogP contribution in [0.25, 0.3) is 0 Å². The van der Waals surface area contributed by atoms with Crippen molar-refractivity contribution >= 4 is 19.7 Å². The zero-order chi connectivity index (χ0) is 12.7. The maximum absolute atomic E-state index is 11.6. The van der Waals surface area contributed by atoms with Gasteiger partial charge in [0.25, 0.3) is 0 Å². The lowest BCUT2D eigenvalue weighted by atomic mass is 9.93. The molecule has 0 aliphatic carbocycles. The number of benzene rings is 1. The van der Waals surface area contributed by atoms with E-state index in [1.54, 1.807) is 13.8 Å². The molecular weight excluding hydrogens is 244 g/mol. The Morgan fingerprint density at radius 1 is 1.00 bits per heavy atom. The van der Waals surface area contributed by atoms with Crippen molar-refractivity contribution in [2.24, 2.45) is 0 Å². The second-order valence-electron chi connectivity index (χ2n) is 4.70. The van der Waals surface area contributed by atoms with Crippen LogP contribution in [0.2, 0.25) is 0 Å². The molecule has 0 unspecified atom stereocenters. The fraction of sp³-hybridized carbons (Fsp3) is 0.500. The van der Waals surface area contributed by atoms with Gasteiger partial charge in [0.2, 0.25) is 9.05 Å². The smallest absolute Gasteiger partial charge is 0.211 e. The number of aryl methyl sites for hydroxylation is 3. The molecule has 1 rings (SSSR count). The van der Waals surface area contributed by atoms with Crippen LogP contribution in [0, 0.1) is 20.8 Å². The second-order valence-corrected chi connectivity index (χ2v) is 7.81. The normalized spacial score (nSPS) is 12.9. The van der Waals surface area contributed by atoms with Gasteiger partial charge in [0, 0.05) is 10.7 Å². The summed E-state index contributed by atoms with van der Waals surface area (Å²) in [7, 11) is 1.86. The molecule has 0 spiro atoms. The third-order valence-corrected chi connectivity index (χ3v) is 5.70. The Labute approximate surface area is 102 Å². The van der Waals surface area contributed by atoms with Crippen molar-refractivity contribution in [1.29, 1.82) is 0 Å². The largest absolute Gasteiger partial charge is 0.241 e. The Balaban J connectivity index is 3.52. The van der Waals surface area contributed by atoms with Crippen molar-refractivity contribution in [2.45, 2.75) is 39.4 Å². The Kier molecular flexibility index (Phi) is 3.42. The quantitative estimate of drug-likeness (QED) is 0.764. The molecule has 0 saturated heterocycles. The van der Waals surface area contributed by atoms with E-state index in [4.69, 9.17) is 10.7 Å². The Bertz CT molecular complexity index is 516. The van der Waals surface area contributed by atoms with Crippen molar-refractivity contribution < 1.29 is 8.42 Å². The lowest BCUT2D eigenvalue weighted by molar-refractivity contribution is 0.569. The Hall–Kier alpha value is -0.540. The third-order valence-electron chi connectivity index (χ3n) is 3.10. The minimum atomic E-state index is -3.64. The van der Waals surface area contributed by atoms with E-state index in [0.717, 1.165) is 22.3 Å². The topological polar surface area (TPSA) is 34.1 Å². The van der Waals surface area contributed by atoms with Gasteiger partial charge < -0.3 is 0 Å². The van der Waals surface area contributed by atoms with Gasteiger partial charge in [-0.25, -0.2) is 8.42 Å². The van der Waals surface area contributed by atoms with Crippen molar-refractivity contribution in [2.75, 3.05) is 0 Å². The van der Waals surface area contributed by atoms with Crippen LogP contribution in [0.1, 0.15) is 36.1 Å². The van der Waals surface area contributed by atoms with E-state index in [1.807, 2.05) is 32.9 Å². The first-order valence-electron chi connectivity index (χ1n) is 5.10. The lowest BCUT2D eigenvalue weighted by Gasteiger charge is -2.24. The summed E-state index contributed by atoms with van der Waals surface area (Å²) in [5.41, 5.74) is 3.96. The van der Waals surface area contributed by atoms with E-state index in [1.165, 1.54) is 0 Å². The summed E-state index contributed by atoms with van der Waals surface area (Å²) in [5, 5.41) is 0. The molecule has 1 aromatic carbocycles. The summed E-state index contributed by atoms with van der Waals surface area (Å²) in [6.45, 7) is 9.15.